The molecule has 2 aromatic rings. The second kappa shape index (κ2) is 7.83. The molecule has 0 spiro atoms. The van der Waals surface area contributed by atoms with Crippen LogP contribution in [0.25, 0.3) is 0 Å². The van der Waals surface area contributed by atoms with E-state index in [0.717, 1.165) is 35.9 Å². The molecule has 0 radical (unpaired) electrons. The number of guanidine groups is 1. The van der Waals surface area contributed by atoms with Gasteiger partial charge in [0.2, 0.25) is 0 Å². The van der Waals surface area contributed by atoms with Gasteiger partial charge in [-0.25, -0.2) is 4.39 Å². The number of hydrogen-bond donors (Lipinski definition) is 2. The SMILES string of the molecule is COc1cc(F)ccc1Cc1ccc(NC2=NCCN2)cc1.Cl. The lowest BCUT2D eigenvalue weighted by Gasteiger charge is -2.10. The Balaban J connectivity index is 0.00000192. The minimum absolute atomic E-state index is 0. The second-order valence-electron chi connectivity index (χ2n) is 5.11. The lowest BCUT2D eigenvalue weighted by atomic mass is 10.0. The monoisotopic (exact) mass is 335 g/mol. The first kappa shape index (κ1) is 17.1. The van der Waals surface area contributed by atoms with Crippen molar-refractivity contribution in [2.75, 3.05) is 25.5 Å². The molecule has 6 heteroatoms. The molecular weight excluding hydrogens is 317 g/mol. The summed E-state index contributed by atoms with van der Waals surface area (Å²) in [7, 11) is 1.56. The Kier molecular flexibility index (Phi) is 5.82. The van der Waals surface area contributed by atoms with E-state index in [1.807, 2.05) is 24.3 Å². The maximum absolute atomic E-state index is 13.2. The predicted molar refractivity (Wildman–Crippen MR) is 93.4 cm³/mol. The van der Waals surface area contributed by atoms with E-state index in [1.165, 1.54) is 12.1 Å². The van der Waals surface area contributed by atoms with Crippen LogP contribution in [0.15, 0.2) is 47.5 Å². The molecule has 3 rings (SSSR count). The Morgan fingerprint density at radius 2 is 2.00 bits per heavy atom. The summed E-state index contributed by atoms with van der Waals surface area (Å²) in [5.74, 6) is 1.10. The van der Waals surface area contributed by atoms with Crippen LogP contribution in [-0.2, 0) is 6.42 Å². The molecule has 1 heterocycles. The zero-order chi connectivity index (χ0) is 15.4. The zero-order valence-corrected chi connectivity index (χ0v) is 13.6. The smallest absolute Gasteiger partial charge is 0.195 e. The molecule has 0 aliphatic carbocycles. The molecule has 0 saturated carbocycles. The van der Waals surface area contributed by atoms with Gasteiger partial charge in [-0.3, -0.25) is 4.99 Å². The van der Waals surface area contributed by atoms with E-state index in [-0.39, 0.29) is 18.2 Å². The van der Waals surface area contributed by atoms with Crippen LogP contribution in [-0.4, -0.2) is 26.2 Å². The molecule has 0 fully saturated rings. The summed E-state index contributed by atoms with van der Waals surface area (Å²) in [6.45, 7) is 1.69. The van der Waals surface area contributed by atoms with Crippen molar-refractivity contribution in [2.24, 2.45) is 4.99 Å². The highest BCUT2D eigenvalue weighted by Crippen LogP contribution is 2.23. The van der Waals surface area contributed by atoms with Crippen molar-refractivity contribution in [1.82, 2.24) is 5.32 Å². The van der Waals surface area contributed by atoms with E-state index in [0.29, 0.717) is 12.2 Å². The highest BCUT2D eigenvalue weighted by Gasteiger charge is 2.07. The molecule has 0 amide bonds. The molecule has 2 N–H and O–H groups in total. The third-order valence-electron chi connectivity index (χ3n) is 3.53. The molecule has 1 aliphatic heterocycles. The van der Waals surface area contributed by atoms with E-state index in [2.05, 4.69) is 15.6 Å². The fraction of sp³-hybridized carbons (Fsp3) is 0.235. The van der Waals surface area contributed by atoms with Gasteiger partial charge in [-0.1, -0.05) is 18.2 Å². The standard InChI is InChI=1S/C17H18FN3O.ClH/c1-22-16-11-14(18)5-4-13(16)10-12-2-6-15(7-3-12)21-17-19-8-9-20-17;/h2-7,11H,8-10H2,1H3,(H2,19,20,21);1H. The predicted octanol–water partition coefficient (Wildman–Crippen LogP) is 3.22. The van der Waals surface area contributed by atoms with Gasteiger partial charge in [-0.15, -0.1) is 12.4 Å². The number of aliphatic imine (C=N–C) groups is 1. The Labute approximate surface area is 141 Å². The lowest BCUT2D eigenvalue weighted by Crippen LogP contribution is -2.26. The number of nitrogens with zero attached hydrogens (tertiary/aromatic N) is 1. The molecule has 0 saturated heterocycles. The fourth-order valence-electron chi connectivity index (χ4n) is 2.41. The maximum atomic E-state index is 13.2. The minimum Gasteiger partial charge on any atom is -0.496 e. The quantitative estimate of drug-likeness (QED) is 0.901. The van der Waals surface area contributed by atoms with Gasteiger partial charge in [-0.2, -0.15) is 0 Å². The average molecular weight is 336 g/mol. The summed E-state index contributed by atoms with van der Waals surface area (Å²) in [4.78, 5) is 4.29. The highest BCUT2D eigenvalue weighted by molar-refractivity contribution is 5.94. The molecule has 4 nitrogen and oxygen atoms in total. The first-order chi connectivity index (χ1) is 10.7. The van der Waals surface area contributed by atoms with Crippen molar-refractivity contribution < 1.29 is 9.13 Å². The van der Waals surface area contributed by atoms with Crippen LogP contribution in [0, 0.1) is 5.82 Å². The largest absolute Gasteiger partial charge is 0.496 e. The van der Waals surface area contributed by atoms with Gasteiger partial charge in [0.1, 0.15) is 11.6 Å². The van der Waals surface area contributed by atoms with Gasteiger partial charge in [-0.05, 0) is 29.3 Å². The molecule has 2 aromatic carbocycles. The first-order valence-electron chi connectivity index (χ1n) is 7.21. The van der Waals surface area contributed by atoms with Crippen molar-refractivity contribution >= 4 is 24.1 Å². The minimum atomic E-state index is -0.287. The second-order valence-corrected chi connectivity index (χ2v) is 5.11. The number of hydrogen-bond acceptors (Lipinski definition) is 4. The highest BCUT2D eigenvalue weighted by atomic mass is 35.5. The van der Waals surface area contributed by atoms with Crippen molar-refractivity contribution in [3.63, 3.8) is 0 Å². The molecule has 0 aromatic heterocycles. The fourth-order valence-corrected chi connectivity index (χ4v) is 2.41. The number of anilines is 1. The number of ether oxygens (including phenoxy) is 1. The van der Waals surface area contributed by atoms with E-state index in [9.17, 15) is 4.39 Å². The zero-order valence-electron chi connectivity index (χ0n) is 12.8. The average Bonchev–Trinajstić information content (AvgIpc) is 3.04. The van der Waals surface area contributed by atoms with Gasteiger partial charge in [0.05, 0.1) is 13.7 Å². The summed E-state index contributed by atoms with van der Waals surface area (Å²) in [6.07, 6.45) is 0.697. The Hall–Kier alpha value is -2.27. The van der Waals surface area contributed by atoms with Crippen LogP contribution in [0.3, 0.4) is 0 Å². The lowest BCUT2D eigenvalue weighted by molar-refractivity contribution is 0.407. The Bertz CT molecular complexity index is 689. The van der Waals surface area contributed by atoms with Crippen molar-refractivity contribution in [3.05, 3.63) is 59.4 Å². The summed E-state index contributed by atoms with van der Waals surface area (Å²) in [5.41, 5.74) is 3.09. The van der Waals surface area contributed by atoms with E-state index < -0.39 is 0 Å². The van der Waals surface area contributed by atoms with Crippen molar-refractivity contribution in [2.45, 2.75) is 6.42 Å². The third-order valence-corrected chi connectivity index (χ3v) is 3.53. The molecule has 23 heavy (non-hydrogen) atoms. The van der Waals surface area contributed by atoms with Crippen LogP contribution in [0.4, 0.5) is 10.1 Å². The van der Waals surface area contributed by atoms with Gasteiger partial charge in [0.15, 0.2) is 5.96 Å². The summed E-state index contributed by atoms with van der Waals surface area (Å²) in [5, 5.41) is 6.39. The molecule has 0 bridgehead atoms. The number of halogens is 2. The van der Waals surface area contributed by atoms with Crippen molar-refractivity contribution in [1.29, 1.82) is 0 Å². The van der Waals surface area contributed by atoms with E-state index in [4.69, 9.17) is 4.74 Å². The third kappa shape index (κ3) is 4.36. The molecule has 122 valence electrons. The van der Waals surface area contributed by atoms with Crippen LogP contribution in [0.2, 0.25) is 0 Å². The van der Waals surface area contributed by atoms with Crippen LogP contribution in [0.1, 0.15) is 11.1 Å². The topological polar surface area (TPSA) is 45.6 Å². The summed E-state index contributed by atoms with van der Waals surface area (Å²) >= 11 is 0. The van der Waals surface area contributed by atoms with Gasteiger partial charge < -0.3 is 15.4 Å². The normalized spacial score (nSPS) is 12.9. The number of nitrogens with one attached hydrogen (secondary N) is 2. The molecule has 1 aliphatic rings. The maximum Gasteiger partial charge on any atom is 0.195 e. The summed E-state index contributed by atoms with van der Waals surface area (Å²) < 4.78 is 18.4. The Morgan fingerprint density at radius 1 is 1.22 bits per heavy atom. The molecule has 0 unspecified atom stereocenters. The molecule has 0 atom stereocenters. The number of methoxy groups -OCH3 is 1. The number of benzene rings is 2. The van der Waals surface area contributed by atoms with E-state index >= 15 is 0 Å². The molecular formula is C17H19ClFN3O. The first-order valence-corrected chi connectivity index (χ1v) is 7.21. The van der Waals surface area contributed by atoms with Crippen LogP contribution in [0.5, 0.6) is 5.75 Å². The van der Waals surface area contributed by atoms with Crippen molar-refractivity contribution in [3.8, 4) is 5.75 Å². The number of rotatable bonds is 4. The van der Waals surface area contributed by atoms with Gasteiger partial charge in [0, 0.05) is 24.7 Å². The van der Waals surface area contributed by atoms with Crippen LogP contribution < -0.4 is 15.4 Å². The summed E-state index contributed by atoms with van der Waals surface area (Å²) in [6, 6.07) is 12.7. The van der Waals surface area contributed by atoms with Gasteiger partial charge in [0.25, 0.3) is 0 Å². The van der Waals surface area contributed by atoms with Crippen LogP contribution >= 0.6 is 12.4 Å². The Morgan fingerprint density at radius 3 is 2.65 bits per heavy atom. The van der Waals surface area contributed by atoms with E-state index in [1.54, 1.807) is 13.2 Å². The van der Waals surface area contributed by atoms with Gasteiger partial charge >= 0.3 is 0 Å².